The molecule has 0 spiro atoms. The topological polar surface area (TPSA) is 92.8 Å². The molecule has 7 nitrogen and oxygen atoms in total. The zero-order valence-corrected chi connectivity index (χ0v) is 13.0. The first-order valence-electron chi connectivity index (χ1n) is 7.19. The van der Waals surface area contributed by atoms with Crippen molar-refractivity contribution < 1.29 is 22.7 Å². The molecule has 120 valence electrons. The number of sulfone groups is 1. The molecule has 1 N–H and O–H groups in total. The maximum absolute atomic E-state index is 12.6. The van der Waals surface area contributed by atoms with Crippen LogP contribution in [0, 0.1) is 5.92 Å². The molecule has 0 saturated carbocycles. The van der Waals surface area contributed by atoms with E-state index in [1.807, 2.05) is 0 Å². The summed E-state index contributed by atoms with van der Waals surface area (Å²) in [5, 5.41) is 2.69. The van der Waals surface area contributed by atoms with Crippen molar-refractivity contribution >= 4 is 21.7 Å². The van der Waals surface area contributed by atoms with Gasteiger partial charge in [0.1, 0.15) is 0 Å². The molecule has 2 unspecified atom stereocenters. The number of rotatable bonds is 5. The van der Waals surface area contributed by atoms with Gasteiger partial charge in [0.15, 0.2) is 9.84 Å². The third-order valence-electron chi connectivity index (χ3n) is 4.08. The molecule has 0 aromatic carbocycles. The van der Waals surface area contributed by atoms with Gasteiger partial charge in [0.2, 0.25) is 11.8 Å². The smallest absolute Gasteiger partial charge is 0.227 e. The minimum absolute atomic E-state index is 0.0293. The maximum Gasteiger partial charge on any atom is 0.227 e. The Kier molecular flexibility index (Phi) is 5.21. The summed E-state index contributed by atoms with van der Waals surface area (Å²) < 4.78 is 28.3. The largest absolute Gasteiger partial charge is 0.383 e. The van der Waals surface area contributed by atoms with Gasteiger partial charge in [-0.25, -0.2) is 8.42 Å². The Hall–Kier alpha value is -1.15. The molecule has 0 aliphatic carbocycles. The quantitative estimate of drug-likeness (QED) is 0.714. The molecule has 2 heterocycles. The van der Waals surface area contributed by atoms with E-state index in [1.54, 1.807) is 12.0 Å². The van der Waals surface area contributed by atoms with E-state index in [0.29, 0.717) is 39.0 Å². The Morgan fingerprint density at radius 1 is 1.43 bits per heavy atom. The van der Waals surface area contributed by atoms with Gasteiger partial charge in [-0.2, -0.15) is 0 Å². The van der Waals surface area contributed by atoms with E-state index in [4.69, 9.17) is 4.74 Å². The maximum atomic E-state index is 12.6. The summed E-state index contributed by atoms with van der Waals surface area (Å²) in [6.45, 7) is 1.10. The average Bonchev–Trinajstić information content (AvgIpc) is 2.80. The summed E-state index contributed by atoms with van der Waals surface area (Å²) in [5.41, 5.74) is 0. The van der Waals surface area contributed by atoms with Crippen molar-refractivity contribution in [3.63, 3.8) is 0 Å². The highest BCUT2D eigenvalue weighted by Crippen LogP contribution is 2.22. The molecule has 8 heteroatoms. The van der Waals surface area contributed by atoms with Crippen LogP contribution in [0.2, 0.25) is 0 Å². The van der Waals surface area contributed by atoms with E-state index in [9.17, 15) is 18.0 Å². The van der Waals surface area contributed by atoms with Crippen LogP contribution < -0.4 is 5.32 Å². The highest BCUT2D eigenvalue weighted by Gasteiger charge is 2.37. The number of ether oxygens (including phenoxy) is 1. The van der Waals surface area contributed by atoms with Crippen LogP contribution in [0.3, 0.4) is 0 Å². The normalized spacial score (nSPS) is 28.1. The van der Waals surface area contributed by atoms with E-state index in [0.717, 1.165) is 0 Å². The Balaban J connectivity index is 2.04. The number of carbonyl (C=O) groups is 2. The first-order chi connectivity index (χ1) is 9.93. The van der Waals surface area contributed by atoms with Gasteiger partial charge in [-0.1, -0.05) is 0 Å². The van der Waals surface area contributed by atoms with Gasteiger partial charge in [0.05, 0.1) is 24.0 Å². The van der Waals surface area contributed by atoms with Crippen LogP contribution in [0.5, 0.6) is 0 Å². The van der Waals surface area contributed by atoms with Gasteiger partial charge in [0.25, 0.3) is 0 Å². The average molecular weight is 318 g/mol. The summed E-state index contributed by atoms with van der Waals surface area (Å²) in [7, 11) is -1.49. The SMILES string of the molecule is COCCN(C(=O)C1CCC(=O)NC1)C1CCS(=O)(=O)C1. The zero-order valence-electron chi connectivity index (χ0n) is 12.2. The molecule has 2 amide bonds. The van der Waals surface area contributed by atoms with Gasteiger partial charge >= 0.3 is 0 Å². The first-order valence-corrected chi connectivity index (χ1v) is 9.01. The molecule has 2 rings (SSSR count). The van der Waals surface area contributed by atoms with Crippen molar-refractivity contribution in [2.75, 3.05) is 38.3 Å². The Morgan fingerprint density at radius 2 is 2.19 bits per heavy atom. The third-order valence-corrected chi connectivity index (χ3v) is 5.83. The lowest BCUT2D eigenvalue weighted by molar-refractivity contribution is -0.139. The molecule has 2 saturated heterocycles. The summed E-state index contributed by atoms with van der Waals surface area (Å²) in [6.07, 6.45) is 1.35. The fourth-order valence-corrected chi connectivity index (χ4v) is 4.59. The second kappa shape index (κ2) is 6.74. The van der Waals surface area contributed by atoms with Gasteiger partial charge in [-0.05, 0) is 12.8 Å². The van der Waals surface area contributed by atoms with Crippen LogP contribution in [0.15, 0.2) is 0 Å². The molecule has 2 aliphatic rings. The standard InChI is InChI=1S/C13H22N2O5S/c1-20-6-5-15(11-4-7-21(18,19)9-11)13(17)10-2-3-12(16)14-8-10/h10-11H,2-9H2,1H3,(H,14,16). The number of amides is 2. The van der Waals surface area contributed by atoms with Crippen LogP contribution in [0.25, 0.3) is 0 Å². The molecule has 0 aromatic heterocycles. The van der Waals surface area contributed by atoms with Crippen LogP contribution in [-0.2, 0) is 24.2 Å². The summed E-state index contributed by atoms with van der Waals surface area (Å²) >= 11 is 0. The monoisotopic (exact) mass is 318 g/mol. The second-order valence-corrected chi connectivity index (χ2v) is 7.85. The van der Waals surface area contributed by atoms with Crippen LogP contribution in [-0.4, -0.2) is 69.5 Å². The van der Waals surface area contributed by atoms with Crippen molar-refractivity contribution in [1.29, 1.82) is 0 Å². The number of carbonyl (C=O) groups excluding carboxylic acids is 2. The van der Waals surface area contributed by atoms with Crippen molar-refractivity contribution in [3.05, 3.63) is 0 Å². The van der Waals surface area contributed by atoms with Gasteiger partial charge in [0, 0.05) is 32.7 Å². The van der Waals surface area contributed by atoms with Crippen molar-refractivity contribution in [2.45, 2.75) is 25.3 Å². The minimum Gasteiger partial charge on any atom is -0.383 e. The van der Waals surface area contributed by atoms with E-state index < -0.39 is 9.84 Å². The van der Waals surface area contributed by atoms with E-state index in [-0.39, 0.29) is 35.3 Å². The van der Waals surface area contributed by atoms with Gasteiger partial charge < -0.3 is 15.0 Å². The molecule has 2 atom stereocenters. The molecule has 0 aromatic rings. The summed E-state index contributed by atoms with van der Waals surface area (Å²) in [5.74, 6) is -0.208. The first kappa shape index (κ1) is 16.2. The predicted octanol–water partition coefficient (Wildman–Crippen LogP) is -0.825. The van der Waals surface area contributed by atoms with Gasteiger partial charge in [-0.3, -0.25) is 9.59 Å². The highest BCUT2D eigenvalue weighted by molar-refractivity contribution is 7.91. The lowest BCUT2D eigenvalue weighted by atomic mass is 9.97. The third kappa shape index (κ3) is 4.16. The molecule has 21 heavy (non-hydrogen) atoms. The summed E-state index contributed by atoms with van der Waals surface area (Å²) in [6, 6.07) is -0.268. The minimum atomic E-state index is -3.04. The number of hydrogen-bond acceptors (Lipinski definition) is 5. The van der Waals surface area contributed by atoms with Crippen LogP contribution in [0.1, 0.15) is 19.3 Å². The van der Waals surface area contributed by atoms with E-state index in [2.05, 4.69) is 5.32 Å². The fraction of sp³-hybridized carbons (Fsp3) is 0.846. The van der Waals surface area contributed by atoms with Crippen molar-refractivity contribution in [1.82, 2.24) is 10.2 Å². The van der Waals surface area contributed by atoms with Crippen molar-refractivity contribution in [3.8, 4) is 0 Å². The number of hydrogen-bond donors (Lipinski definition) is 1. The highest BCUT2D eigenvalue weighted by atomic mass is 32.2. The second-order valence-electron chi connectivity index (χ2n) is 5.62. The van der Waals surface area contributed by atoms with Crippen molar-refractivity contribution in [2.24, 2.45) is 5.92 Å². The Labute approximate surface area is 124 Å². The zero-order chi connectivity index (χ0) is 15.5. The lowest BCUT2D eigenvalue weighted by Gasteiger charge is -2.33. The van der Waals surface area contributed by atoms with Gasteiger partial charge in [-0.15, -0.1) is 0 Å². The molecular formula is C13H22N2O5S. The Bertz CT molecular complexity index is 495. The molecular weight excluding hydrogens is 296 g/mol. The molecule has 2 aliphatic heterocycles. The van der Waals surface area contributed by atoms with Crippen LogP contribution >= 0.6 is 0 Å². The van der Waals surface area contributed by atoms with E-state index in [1.165, 1.54) is 0 Å². The molecule has 0 radical (unpaired) electrons. The number of nitrogens with one attached hydrogen (secondary N) is 1. The predicted molar refractivity (Wildman–Crippen MR) is 76.4 cm³/mol. The number of nitrogens with zero attached hydrogens (tertiary/aromatic N) is 1. The molecule has 0 bridgehead atoms. The number of piperidine rings is 1. The Morgan fingerprint density at radius 3 is 2.71 bits per heavy atom. The van der Waals surface area contributed by atoms with Crippen LogP contribution in [0.4, 0.5) is 0 Å². The molecule has 2 fully saturated rings. The summed E-state index contributed by atoms with van der Waals surface area (Å²) in [4.78, 5) is 25.4. The fourth-order valence-electron chi connectivity index (χ4n) is 2.86. The lowest BCUT2D eigenvalue weighted by Crippen LogP contribution is -2.50. The van der Waals surface area contributed by atoms with E-state index >= 15 is 0 Å². The number of methoxy groups -OCH3 is 1.